The summed E-state index contributed by atoms with van der Waals surface area (Å²) in [5.41, 5.74) is 0.943. The first-order chi connectivity index (χ1) is 10.3. The van der Waals surface area contributed by atoms with Crippen LogP contribution in [0.1, 0.15) is 26.3 Å². The Balaban J connectivity index is 2.73. The lowest BCUT2D eigenvalue weighted by molar-refractivity contribution is 0.0724. The lowest BCUT2D eigenvalue weighted by Crippen LogP contribution is -2.23. The normalized spacial score (nSPS) is 22.9. The van der Waals surface area contributed by atoms with E-state index in [9.17, 15) is 5.26 Å². The summed E-state index contributed by atoms with van der Waals surface area (Å²) in [5.74, 6) is 0.270. The summed E-state index contributed by atoms with van der Waals surface area (Å²) >= 11 is 18.4. The predicted molar refractivity (Wildman–Crippen MR) is 86.5 cm³/mol. The quantitative estimate of drug-likeness (QED) is 0.492. The second kappa shape index (κ2) is 5.86. The summed E-state index contributed by atoms with van der Waals surface area (Å²) in [5, 5.41) is 19.3. The van der Waals surface area contributed by atoms with Gasteiger partial charge in [0.25, 0.3) is 0 Å². The van der Waals surface area contributed by atoms with Gasteiger partial charge in [0.15, 0.2) is 11.4 Å². The standard InChI is InChI=1S/C16H11Cl3N2O/c1-8(6-20)15-10(7-21)9(2)16(3,22-15)11-4-5-12(17)14(19)13(11)18/h4-5H,1-3H3/b15-8-. The number of allylic oxidation sites excluding steroid dienone is 2. The van der Waals surface area contributed by atoms with E-state index < -0.39 is 5.60 Å². The molecule has 0 bridgehead atoms. The van der Waals surface area contributed by atoms with Crippen LogP contribution in [-0.4, -0.2) is 0 Å². The lowest BCUT2D eigenvalue weighted by atomic mass is 9.87. The van der Waals surface area contributed by atoms with E-state index in [4.69, 9.17) is 44.8 Å². The van der Waals surface area contributed by atoms with Crippen LogP contribution in [0.2, 0.25) is 15.1 Å². The van der Waals surface area contributed by atoms with E-state index in [1.165, 1.54) is 0 Å². The Morgan fingerprint density at radius 2 is 1.82 bits per heavy atom. The van der Waals surface area contributed by atoms with Gasteiger partial charge in [0.05, 0.1) is 32.3 Å². The molecule has 1 aliphatic rings. The monoisotopic (exact) mass is 352 g/mol. The lowest BCUT2D eigenvalue weighted by Gasteiger charge is -2.28. The van der Waals surface area contributed by atoms with E-state index >= 15 is 0 Å². The predicted octanol–water partition coefficient (Wildman–Crippen LogP) is 5.53. The molecule has 2 rings (SSSR count). The number of ether oxygens (including phenoxy) is 1. The van der Waals surface area contributed by atoms with Gasteiger partial charge >= 0.3 is 0 Å². The number of benzene rings is 1. The maximum atomic E-state index is 9.39. The highest BCUT2D eigenvalue weighted by Gasteiger charge is 2.43. The van der Waals surface area contributed by atoms with Crippen LogP contribution in [-0.2, 0) is 10.3 Å². The molecule has 0 radical (unpaired) electrons. The second-order valence-electron chi connectivity index (χ2n) is 5.04. The molecule has 0 aromatic heterocycles. The topological polar surface area (TPSA) is 56.8 Å². The molecule has 0 aliphatic carbocycles. The minimum atomic E-state index is -0.982. The first-order valence-electron chi connectivity index (χ1n) is 6.33. The number of nitriles is 2. The van der Waals surface area contributed by atoms with Crippen LogP contribution >= 0.6 is 34.8 Å². The van der Waals surface area contributed by atoms with Crippen molar-refractivity contribution in [2.45, 2.75) is 26.4 Å². The number of nitrogens with zero attached hydrogens (tertiary/aromatic N) is 2. The number of hydrogen-bond acceptors (Lipinski definition) is 3. The summed E-state index contributed by atoms with van der Waals surface area (Å²) in [6.45, 7) is 5.15. The van der Waals surface area contributed by atoms with Gasteiger partial charge in [0, 0.05) is 5.56 Å². The molecule has 6 heteroatoms. The molecule has 0 fully saturated rings. The fraction of sp³-hybridized carbons (Fsp3) is 0.250. The largest absolute Gasteiger partial charge is 0.476 e. The van der Waals surface area contributed by atoms with Gasteiger partial charge in [-0.1, -0.05) is 40.9 Å². The van der Waals surface area contributed by atoms with Crippen molar-refractivity contribution in [2.24, 2.45) is 0 Å². The van der Waals surface area contributed by atoms with Gasteiger partial charge < -0.3 is 4.74 Å². The van der Waals surface area contributed by atoms with E-state index in [1.807, 2.05) is 6.07 Å². The SMILES string of the molecule is CC1=C(C#N)/C(=C(\C)C#N)OC1(C)c1ccc(Cl)c(Cl)c1Cl. The van der Waals surface area contributed by atoms with E-state index in [-0.39, 0.29) is 15.8 Å². The van der Waals surface area contributed by atoms with Crippen LogP contribution < -0.4 is 0 Å². The fourth-order valence-electron chi connectivity index (χ4n) is 2.34. The molecule has 0 amide bonds. The van der Waals surface area contributed by atoms with Crippen molar-refractivity contribution < 1.29 is 4.74 Å². The smallest absolute Gasteiger partial charge is 0.155 e. The van der Waals surface area contributed by atoms with Crippen LogP contribution in [0.25, 0.3) is 0 Å². The average Bonchev–Trinajstić information content (AvgIpc) is 2.76. The third kappa shape index (κ3) is 2.36. The van der Waals surface area contributed by atoms with Gasteiger partial charge in [-0.15, -0.1) is 0 Å². The molecule has 1 aliphatic heterocycles. The molecule has 0 saturated heterocycles. The zero-order chi connectivity index (χ0) is 16.7. The molecule has 1 aromatic carbocycles. The van der Waals surface area contributed by atoms with Crippen LogP contribution in [0.3, 0.4) is 0 Å². The minimum Gasteiger partial charge on any atom is -0.476 e. The van der Waals surface area contributed by atoms with Crippen molar-refractivity contribution in [2.75, 3.05) is 0 Å². The van der Waals surface area contributed by atoms with E-state index in [2.05, 4.69) is 6.07 Å². The Kier molecular flexibility index (Phi) is 4.45. The van der Waals surface area contributed by atoms with Crippen molar-refractivity contribution in [1.82, 2.24) is 0 Å². The van der Waals surface area contributed by atoms with Gasteiger partial charge in [-0.2, -0.15) is 10.5 Å². The zero-order valence-electron chi connectivity index (χ0n) is 12.1. The molecular formula is C16H11Cl3N2O. The van der Waals surface area contributed by atoms with Crippen molar-refractivity contribution >= 4 is 34.8 Å². The molecule has 22 heavy (non-hydrogen) atoms. The fourth-order valence-corrected chi connectivity index (χ4v) is 3.06. The number of rotatable bonds is 1. The average molecular weight is 354 g/mol. The molecule has 0 N–H and O–H groups in total. The second-order valence-corrected chi connectivity index (χ2v) is 6.20. The Morgan fingerprint density at radius 1 is 1.18 bits per heavy atom. The van der Waals surface area contributed by atoms with Crippen molar-refractivity contribution in [1.29, 1.82) is 10.5 Å². The van der Waals surface area contributed by atoms with Crippen molar-refractivity contribution in [3.05, 3.63) is 55.2 Å². The molecule has 1 atom stereocenters. The molecule has 1 aromatic rings. The van der Waals surface area contributed by atoms with E-state index in [0.717, 1.165) is 0 Å². The minimum absolute atomic E-state index is 0.228. The van der Waals surface area contributed by atoms with E-state index in [1.54, 1.807) is 32.9 Å². The zero-order valence-corrected chi connectivity index (χ0v) is 14.4. The summed E-state index contributed by atoms with van der Waals surface area (Å²) in [6.07, 6.45) is 0. The van der Waals surface area contributed by atoms with E-state index in [0.29, 0.717) is 27.3 Å². The first kappa shape index (κ1) is 16.7. The summed E-state index contributed by atoms with van der Waals surface area (Å²) in [6, 6.07) is 7.43. The van der Waals surface area contributed by atoms with Gasteiger partial charge in [0.2, 0.25) is 0 Å². The van der Waals surface area contributed by atoms with Gasteiger partial charge in [0.1, 0.15) is 6.07 Å². The first-order valence-corrected chi connectivity index (χ1v) is 7.47. The third-order valence-corrected chi connectivity index (χ3v) is 5.09. The third-order valence-electron chi connectivity index (χ3n) is 3.79. The van der Waals surface area contributed by atoms with Crippen molar-refractivity contribution in [3.63, 3.8) is 0 Å². The highest BCUT2D eigenvalue weighted by molar-refractivity contribution is 6.48. The van der Waals surface area contributed by atoms with Gasteiger partial charge in [-0.25, -0.2) is 0 Å². The molecule has 112 valence electrons. The van der Waals surface area contributed by atoms with Gasteiger partial charge in [-0.05, 0) is 32.4 Å². The van der Waals surface area contributed by atoms with Crippen LogP contribution in [0.4, 0.5) is 0 Å². The molecule has 1 unspecified atom stereocenters. The molecule has 0 spiro atoms. The van der Waals surface area contributed by atoms with Crippen LogP contribution in [0.5, 0.6) is 0 Å². The maximum absolute atomic E-state index is 9.39. The molecule has 3 nitrogen and oxygen atoms in total. The van der Waals surface area contributed by atoms with Gasteiger partial charge in [-0.3, -0.25) is 0 Å². The summed E-state index contributed by atoms with van der Waals surface area (Å²) in [7, 11) is 0. The Morgan fingerprint density at radius 3 is 2.36 bits per heavy atom. The number of halogens is 3. The number of hydrogen-bond donors (Lipinski definition) is 0. The summed E-state index contributed by atoms with van der Waals surface area (Å²) in [4.78, 5) is 0. The summed E-state index contributed by atoms with van der Waals surface area (Å²) < 4.78 is 5.95. The maximum Gasteiger partial charge on any atom is 0.155 e. The Bertz CT molecular complexity index is 812. The molecule has 1 heterocycles. The highest BCUT2D eigenvalue weighted by Crippen LogP contribution is 2.49. The molecule has 0 saturated carbocycles. The Hall–Kier alpha value is -1.65. The highest BCUT2D eigenvalue weighted by atomic mass is 35.5. The molecular weight excluding hydrogens is 343 g/mol. The van der Waals surface area contributed by atoms with Crippen molar-refractivity contribution in [3.8, 4) is 12.1 Å². The Labute approximate surface area is 144 Å². The van der Waals surface area contributed by atoms with Crippen LogP contribution in [0, 0.1) is 22.7 Å². The van der Waals surface area contributed by atoms with Crippen LogP contribution in [0.15, 0.2) is 34.6 Å².